The first kappa shape index (κ1) is 22.3. The predicted octanol–water partition coefficient (Wildman–Crippen LogP) is 2.96. The van der Waals surface area contributed by atoms with Crippen LogP contribution in [0, 0.1) is 20.8 Å². The van der Waals surface area contributed by atoms with Crippen LogP contribution in [0.5, 0.6) is 17.2 Å². The third-order valence-electron chi connectivity index (χ3n) is 6.47. The first-order valence-electron chi connectivity index (χ1n) is 10.4. The molecule has 1 aliphatic carbocycles. The molecule has 0 unspecified atom stereocenters. The monoisotopic (exact) mass is 452 g/mol. The van der Waals surface area contributed by atoms with Gasteiger partial charge in [-0.1, -0.05) is 5.16 Å². The molecule has 9 heteroatoms. The van der Waals surface area contributed by atoms with Crippen molar-refractivity contribution in [2.24, 2.45) is 0 Å². The molecule has 0 saturated carbocycles. The predicted molar refractivity (Wildman–Crippen MR) is 116 cm³/mol. The van der Waals surface area contributed by atoms with Gasteiger partial charge >= 0.3 is 0 Å². The van der Waals surface area contributed by atoms with E-state index < -0.39 is 28.5 Å². The van der Waals surface area contributed by atoms with Crippen LogP contribution in [0.4, 0.5) is 0 Å². The second-order valence-corrected chi connectivity index (χ2v) is 8.54. The number of fused-ring (bicyclic) bond motifs is 3. The number of nitrogens with one attached hydrogen (secondary N) is 1. The average Bonchev–Trinajstić information content (AvgIpc) is 3.21. The molecule has 1 aliphatic heterocycles. The molecule has 9 nitrogen and oxygen atoms in total. The Balaban J connectivity index is 1.85. The van der Waals surface area contributed by atoms with Crippen LogP contribution in [0.2, 0.25) is 0 Å². The Morgan fingerprint density at radius 2 is 1.82 bits per heavy atom. The molecule has 2 aromatic rings. The number of Topliss-reactive ketones (excluding diaryl/α,β-unsaturated/α-hetero) is 2. The van der Waals surface area contributed by atoms with Gasteiger partial charge in [-0.25, -0.2) is 0 Å². The SMILES string of the molecule is CC(=O)c1c(O)c(C)c(O)c2c1OC1=CC(=O)/C(=C(/C)NCc3c(C)noc3C)C(=O)[C@]12C. The number of allylic oxidation sites excluding steroid dienone is 4. The van der Waals surface area contributed by atoms with Gasteiger partial charge in [0.2, 0.25) is 0 Å². The van der Waals surface area contributed by atoms with Crippen molar-refractivity contribution >= 4 is 17.3 Å². The number of hydrogen-bond donors (Lipinski definition) is 3. The maximum absolute atomic E-state index is 13.7. The molecule has 0 spiro atoms. The summed E-state index contributed by atoms with van der Waals surface area (Å²) in [5.41, 5.74) is 0.195. The van der Waals surface area contributed by atoms with Crippen LogP contribution in [0.25, 0.3) is 0 Å². The lowest BCUT2D eigenvalue weighted by Crippen LogP contribution is -2.41. The number of phenols is 2. The van der Waals surface area contributed by atoms with Crippen molar-refractivity contribution < 1.29 is 33.9 Å². The fourth-order valence-electron chi connectivity index (χ4n) is 4.43. The minimum Gasteiger partial charge on any atom is -0.507 e. The number of aryl methyl sites for hydroxylation is 2. The number of phenolic OH excluding ortho intramolecular Hbond substituents is 2. The van der Waals surface area contributed by atoms with E-state index in [-0.39, 0.29) is 39.5 Å². The zero-order valence-electron chi connectivity index (χ0n) is 19.2. The topological polar surface area (TPSA) is 139 Å². The lowest BCUT2D eigenvalue weighted by atomic mass is 9.70. The molecule has 172 valence electrons. The summed E-state index contributed by atoms with van der Waals surface area (Å²) >= 11 is 0. The first-order valence-corrected chi connectivity index (χ1v) is 10.4. The van der Waals surface area contributed by atoms with Crippen LogP contribution in [-0.4, -0.2) is 32.7 Å². The van der Waals surface area contributed by atoms with E-state index in [9.17, 15) is 24.6 Å². The molecule has 2 aliphatic rings. The maximum Gasteiger partial charge on any atom is 0.194 e. The van der Waals surface area contributed by atoms with Crippen LogP contribution in [0.3, 0.4) is 0 Å². The standard InChI is InChI=1S/C24H24N2O7/c1-9-20(29)18(12(4)27)22-19(21(9)30)24(6)16(32-22)7-15(28)17(23(24)31)11(3)25-8-14-10(2)26-33-13(14)5/h7,25,29-30H,8H2,1-6H3/b17-11+/t24-/m1/s1. The Bertz CT molecular complexity index is 1310. The number of rotatable bonds is 4. The molecule has 0 radical (unpaired) electrons. The van der Waals surface area contributed by atoms with Crippen molar-refractivity contribution in [3.05, 3.63) is 56.8 Å². The van der Waals surface area contributed by atoms with Crippen LogP contribution < -0.4 is 10.1 Å². The number of benzene rings is 1. The van der Waals surface area contributed by atoms with Gasteiger partial charge in [-0.2, -0.15) is 0 Å². The second-order valence-electron chi connectivity index (χ2n) is 8.54. The molecular formula is C24H24N2O7. The maximum atomic E-state index is 13.7. The van der Waals surface area contributed by atoms with E-state index in [1.54, 1.807) is 20.8 Å². The number of aromatic hydroxyl groups is 2. The van der Waals surface area contributed by atoms with Crippen LogP contribution in [-0.2, 0) is 21.5 Å². The highest BCUT2D eigenvalue weighted by atomic mass is 16.5. The van der Waals surface area contributed by atoms with E-state index in [1.165, 1.54) is 26.8 Å². The Hall–Kier alpha value is -3.88. The number of aromatic nitrogens is 1. The molecule has 3 N–H and O–H groups in total. The zero-order valence-corrected chi connectivity index (χ0v) is 19.2. The normalized spacial score (nSPS) is 20.7. The highest BCUT2D eigenvalue weighted by molar-refractivity contribution is 6.31. The van der Waals surface area contributed by atoms with E-state index in [1.807, 2.05) is 0 Å². The fourth-order valence-corrected chi connectivity index (χ4v) is 4.43. The Morgan fingerprint density at radius 3 is 2.39 bits per heavy atom. The first-order chi connectivity index (χ1) is 15.4. The van der Waals surface area contributed by atoms with Gasteiger partial charge in [-0.15, -0.1) is 0 Å². The van der Waals surface area contributed by atoms with Crippen molar-refractivity contribution in [2.75, 3.05) is 0 Å². The summed E-state index contributed by atoms with van der Waals surface area (Å²) in [6, 6.07) is 0. The van der Waals surface area contributed by atoms with Crippen molar-refractivity contribution in [3.63, 3.8) is 0 Å². The molecule has 0 amide bonds. The quantitative estimate of drug-likeness (QED) is 0.363. The van der Waals surface area contributed by atoms with Crippen molar-refractivity contribution in [2.45, 2.75) is 53.5 Å². The van der Waals surface area contributed by atoms with Gasteiger partial charge in [0.1, 0.15) is 39.7 Å². The summed E-state index contributed by atoms with van der Waals surface area (Å²) in [5.74, 6) is -1.91. The lowest BCUT2D eigenvalue weighted by molar-refractivity contribution is -0.123. The fraction of sp³-hybridized carbons (Fsp3) is 0.333. The van der Waals surface area contributed by atoms with E-state index in [0.717, 1.165) is 5.56 Å². The summed E-state index contributed by atoms with van der Waals surface area (Å²) in [6.07, 6.45) is 1.19. The van der Waals surface area contributed by atoms with Gasteiger partial charge in [-0.3, -0.25) is 14.4 Å². The zero-order chi connectivity index (χ0) is 24.4. The van der Waals surface area contributed by atoms with Gasteiger partial charge in [0.05, 0.1) is 16.8 Å². The molecule has 1 aromatic carbocycles. The van der Waals surface area contributed by atoms with Crippen molar-refractivity contribution in [1.82, 2.24) is 10.5 Å². The average molecular weight is 452 g/mol. The molecular weight excluding hydrogens is 428 g/mol. The van der Waals surface area contributed by atoms with E-state index >= 15 is 0 Å². The number of nitrogens with zero attached hydrogens (tertiary/aromatic N) is 1. The van der Waals surface area contributed by atoms with Gasteiger partial charge in [-0.05, 0) is 41.5 Å². The van der Waals surface area contributed by atoms with Gasteiger partial charge in [0, 0.05) is 29.4 Å². The summed E-state index contributed by atoms with van der Waals surface area (Å²) in [6.45, 7) is 9.69. The van der Waals surface area contributed by atoms with Crippen LogP contribution in [0.15, 0.2) is 27.6 Å². The number of hydrogen-bond acceptors (Lipinski definition) is 9. The Morgan fingerprint density at radius 1 is 1.15 bits per heavy atom. The molecule has 2 heterocycles. The summed E-state index contributed by atoms with van der Waals surface area (Å²) in [4.78, 5) is 38.9. The third kappa shape index (κ3) is 2.99. The van der Waals surface area contributed by atoms with Gasteiger partial charge < -0.3 is 24.8 Å². The summed E-state index contributed by atoms with van der Waals surface area (Å²) in [5, 5.41) is 28.3. The molecule has 1 atom stereocenters. The summed E-state index contributed by atoms with van der Waals surface area (Å²) < 4.78 is 10.9. The van der Waals surface area contributed by atoms with Crippen molar-refractivity contribution in [3.8, 4) is 17.2 Å². The Labute approximate surface area is 189 Å². The smallest absolute Gasteiger partial charge is 0.194 e. The largest absolute Gasteiger partial charge is 0.507 e. The van der Waals surface area contributed by atoms with Gasteiger partial charge in [0.15, 0.2) is 17.3 Å². The van der Waals surface area contributed by atoms with E-state index in [4.69, 9.17) is 9.26 Å². The number of carbonyl (C=O) groups is 3. The highest BCUT2D eigenvalue weighted by Crippen LogP contribution is 2.57. The molecule has 1 aromatic heterocycles. The Kier molecular flexibility index (Phi) is 4.96. The minimum absolute atomic E-state index is 0.00225. The van der Waals surface area contributed by atoms with E-state index in [2.05, 4.69) is 10.5 Å². The third-order valence-corrected chi connectivity index (χ3v) is 6.47. The number of ketones is 3. The molecule has 4 rings (SSSR count). The lowest BCUT2D eigenvalue weighted by Gasteiger charge is -2.29. The van der Waals surface area contributed by atoms with Gasteiger partial charge in [0.25, 0.3) is 0 Å². The number of carbonyl (C=O) groups excluding carboxylic acids is 3. The van der Waals surface area contributed by atoms with Crippen LogP contribution in [0.1, 0.15) is 59.3 Å². The highest BCUT2D eigenvalue weighted by Gasteiger charge is 2.56. The molecule has 0 bridgehead atoms. The molecule has 0 fully saturated rings. The molecule has 0 saturated heterocycles. The second kappa shape index (κ2) is 7.33. The van der Waals surface area contributed by atoms with E-state index in [0.29, 0.717) is 23.7 Å². The van der Waals surface area contributed by atoms with Crippen molar-refractivity contribution in [1.29, 1.82) is 0 Å². The summed E-state index contributed by atoms with van der Waals surface area (Å²) in [7, 11) is 0. The minimum atomic E-state index is -1.54. The number of ether oxygens (including phenoxy) is 1. The van der Waals surface area contributed by atoms with Crippen LogP contribution >= 0.6 is 0 Å². The molecule has 33 heavy (non-hydrogen) atoms.